The number of amides is 1. The smallest absolute Gasteiger partial charge is 0.255 e. The highest BCUT2D eigenvalue weighted by atomic mass is 16.5. The average molecular weight is 358 g/mol. The van der Waals surface area contributed by atoms with Gasteiger partial charge in [-0.25, -0.2) is 0 Å². The first-order valence-electron chi connectivity index (χ1n) is 8.36. The molecule has 1 N–H and O–H groups in total. The van der Waals surface area contributed by atoms with Gasteiger partial charge < -0.3 is 14.8 Å². The van der Waals surface area contributed by atoms with Crippen molar-refractivity contribution in [3.8, 4) is 17.6 Å². The molecule has 0 aliphatic rings. The SMILES string of the molecule is COc1ccc(COc2ccccc2NC(=O)c2cccc(C#N)c2)cc1. The Morgan fingerprint density at radius 2 is 1.81 bits per heavy atom. The maximum Gasteiger partial charge on any atom is 0.255 e. The Labute approximate surface area is 157 Å². The molecule has 0 atom stereocenters. The summed E-state index contributed by atoms with van der Waals surface area (Å²) in [6.07, 6.45) is 0. The van der Waals surface area contributed by atoms with Gasteiger partial charge in [-0.15, -0.1) is 0 Å². The van der Waals surface area contributed by atoms with E-state index in [0.29, 0.717) is 29.2 Å². The molecule has 0 aliphatic heterocycles. The van der Waals surface area contributed by atoms with Crippen LogP contribution in [0.2, 0.25) is 0 Å². The van der Waals surface area contributed by atoms with Crippen molar-refractivity contribution >= 4 is 11.6 Å². The lowest BCUT2D eigenvalue weighted by Crippen LogP contribution is -2.13. The summed E-state index contributed by atoms with van der Waals surface area (Å²) in [4.78, 5) is 12.5. The lowest BCUT2D eigenvalue weighted by molar-refractivity contribution is 0.102. The first-order chi connectivity index (χ1) is 13.2. The van der Waals surface area contributed by atoms with E-state index in [4.69, 9.17) is 14.7 Å². The van der Waals surface area contributed by atoms with Crippen LogP contribution in [0.5, 0.6) is 11.5 Å². The number of hydrogen-bond donors (Lipinski definition) is 1. The highest BCUT2D eigenvalue weighted by Crippen LogP contribution is 2.25. The molecule has 0 fully saturated rings. The molecule has 0 saturated heterocycles. The van der Waals surface area contributed by atoms with Gasteiger partial charge in [-0.05, 0) is 48.0 Å². The fourth-order valence-electron chi connectivity index (χ4n) is 2.50. The fraction of sp³-hybridized carbons (Fsp3) is 0.0909. The molecule has 0 heterocycles. The lowest BCUT2D eigenvalue weighted by atomic mass is 10.1. The van der Waals surface area contributed by atoms with Crippen molar-refractivity contribution < 1.29 is 14.3 Å². The molecule has 5 nitrogen and oxygen atoms in total. The van der Waals surface area contributed by atoms with Crippen LogP contribution in [-0.2, 0) is 6.61 Å². The Morgan fingerprint density at radius 1 is 1.04 bits per heavy atom. The Morgan fingerprint density at radius 3 is 2.56 bits per heavy atom. The number of hydrogen-bond acceptors (Lipinski definition) is 4. The summed E-state index contributed by atoms with van der Waals surface area (Å²) < 4.78 is 11.0. The van der Waals surface area contributed by atoms with Gasteiger partial charge in [0.2, 0.25) is 0 Å². The number of para-hydroxylation sites is 2. The van der Waals surface area contributed by atoms with Crippen molar-refractivity contribution in [1.29, 1.82) is 5.26 Å². The summed E-state index contributed by atoms with van der Waals surface area (Å²) >= 11 is 0. The van der Waals surface area contributed by atoms with Crippen LogP contribution in [0, 0.1) is 11.3 Å². The number of benzene rings is 3. The molecule has 0 radical (unpaired) electrons. The van der Waals surface area contributed by atoms with Crippen LogP contribution in [-0.4, -0.2) is 13.0 Å². The minimum Gasteiger partial charge on any atom is -0.497 e. The van der Waals surface area contributed by atoms with E-state index in [1.54, 1.807) is 43.5 Å². The molecular weight excluding hydrogens is 340 g/mol. The highest BCUT2D eigenvalue weighted by molar-refractivity contribution is 6.05. The topological polar surface area (TPSA) is 71.3 Å². The van der Waals surface area contributed by atoms with Gasteiger partial charge in [0.1, 0.15) is 18.1 Å². The minimum absolute atomic E-state index is 0.299. The Balaban J connectivity index is 1.71. The van der Waals surface area contributed by atoms with Gasteiger partial charge in [-0.2, -0.15) is 5.26 Å². The zero-order chi connectivity index (χ0) is 19.1. The van der Waals surface area contributed by atoms with Crippen LogP contribution >= 0.6 is 0 Å². The van der Waals surface area contributed by atoms with Crippen LogP contribution in [0.4, 0.5) is 5.69 Å². The van der Waals surface area contributed by atoms with Crippen LogP contribution in [0.1, 0.15) is 21.5 Å². The van der Waals surface area contributed by atoms with Gasteiger partial charge in [0.25, 0.3) is 5.91 Å². The maximum atomic E-state index is 12.5. The molecule has 0 spiro atoms. The summed E-state index contributed by atoms with van der Waals surface area (Å²) in [5, 5.41) is 11.8. The number of methoxy groups -OCH3 is 1. The van der Waals surface area contributed by atoms with Gasteiger partial charge in [0.15, 0.2) is 0 Å². The van der Waals surface area contributed by atoms with E-state index < -0.39 is 0 Å². The molecule has 0 saturated carbocycles. The number of anilines is 1. The summed E-state index contributed by atoms with van der Waals surface area (Å²) in [5.41, 5.74) is 2.41. The Kier molecular flexibility index (Phi) is 5.70. The number of rotatable bonds is 6. The minimum atomic E-state index is -0.299. The molecule has 0 aliphatic carbocycles. The zero-order valence-electron chi connectivity index (χ0n) is 14.8. The molecule has 3 aromatic rings. The fourth-order valence-corrected chi connectivity index (χ4v) is 2.50. The Hall–Kier alpha value is -3.78. The monoisotopic (exact) mass is 358 g/mol. The van der Waals surface area contributed by atoms with Crippen LogP contribution in [0.15, 0.2) is 72.8 Å². The third-order valence-electron chi connectivity index (χ3n) is 3.94. The number of ether oxygens (including phenoxy) is 2. The summed E-state index contributed by atoms with van der Waals surface area (Å²) in [6.45, 7) is 0.362. The van der Waals surface area contributed by atoms with E-state index in [1.807, 2.05) is 42.5 Å². The number of carbonyl (C=O) groups is 1. The molecule has 27 heavy (non-hydrogen) atoms. The third-order valence-corrected chi connectivity index (χ3v) is 3.94. The predicted octanol–water partition coefficient (Wildman–Crippen LogP) is 4.40. The third kappa shape index (κ3) is 4.65. The molecule has 5 heteroatoms. The molecule has 0 unspecified atom stereocenters. The first kappa shape index (κ1) is 18.0. The number of nitriles is 1. The highest BCUT2D eigenvalue weighted by Gasteiger charge is 2.10. The molecule has 0 bridgehead atoms. The van der Waals surface area contributed by atoms with Crippen molar-refractivity contribution in [2.75, 3.05) is 12.4 Å². The normalized spacial score (nSPS) is 9.93. The summed E-state index contributed by atoms with van der Waals surface area (Å²) in [7, 11) is 1.62. The van der Waals surface area contributed by atoms with Gasteiger partial charge in [0.05, 0.1) is 24.4 Å². The Bertz CT molecular complexity index is 975. The molecule has 3 rings (SSSR count). The van der Waals surface area contributed by atoms with Crippen molar-refractivity contribution in [2.45, 2.75) is 6.61 Å². The van der Waals surface area contributed by atoms with Crippen molar-refractivity contribution in [1.82, 2.24) is 0 Å². The standard InChI is InChI=1S/C22H18N2O3/c1-26-19-11-9-16(10-12-19)15-27-21-8-3-2-7-20(21)24-22(25)18-6-4-5-17(13-18)14-23/h2-13H,15H2,1H3,(H,24,25). The predicted molar refractivity (Wildman–Crippen MR) is 103 cm³/mol. The van der Waals surface area contributed by atoms with Crippen LogP contribution < -0.4 is 14.8 Å². The van der Waals surface area contributed by atoms with Gasteiger partial charge >= 0.3 is 0 Å². The van der Waals surface area contributed by atoms with Crippen LogP contribution in [0.3, 0.4) is 0 Å². The van der Waals surface area contributed by atoms with Crippen molar-refractivity contribution in [3.05, 3.63) is 89.5 Å². The second-order valence-electron chi connectivity index (χ2n) is 5.78. The summed E-state index contributed by atoms with van der Waals surface area (Å²) in [5.74, 6) is 1.05. The maximum absolute atomic E-state index is 12.5. The molecule has 0 aromatic heterocycles. The second kappa shape index (κ2) is 8.54. The summed E-state index contributed by atoms with van der Waals surface area (Å²) in [6, 6.07) is 23.4. The van der Waals surface area contributed by atoms with E-state index in [2.05, 4.69) is 5.32 Å². The van der Waals surface area contributed by atoms with E-state index in [-0.39, 0.29) is 5.91 Å². The quantitative estimate of drug-likeness (QED) is 0.709. The van der Waals surface area contributed by atoms with E-state index in [0.717, 1.165) is 11.3 Å². The van der Waals surface area contributed by atoms with Gasteiger partial charge in [-0.1, -0.05) is 30.3 Å². The van der Waals surface area contributed by atoms with Gasteiger partial charge in [-0.3, -0.25) is 4.79 Å². The van der Waals surface area contributed by atoms with E-state index in [9.17, 15) is 4.79 Å². The van der Waals surface area contributed by atoms with E-state index in [1.165, 1.54) is 0 Å². The van der Waals surface area contributed by atoms with Crippen molar-refractivity contribution in [3.63, 3.8) is 0 Å². The number of nitrogens with one attached hydrogen (secondary N) is 1. The van der Waals surface area contributed by atoms with Gasteiger partial charge in [0, 0.05) is 5.56 Å². The molecule has 3 aromatic carbocycles. The number of nitrogens with zero attached hydrogens (tertiary/aromatic N) is 1. The van der Waals surface area contributed by atoms with Crippen LogP contribution in [0.25, 0.3) is 0 Å². The lowest BCUT2D eigenvalue weighted by Gasteiger charge is -2.13. The number of carbonyl (C=O) groups excluding carboxylic acids is 1. The second-order valence-corrected chi connectivity index (χ2v) is 5.78. The molecule has 1 amide bonds. The largest absolute Gasteiger partial charge is 0.497 e. The molecular formula is C22H18N2O3. The first-order valence-corrected chi connectivity index (χ1v) is 8.36. The van der Waals surface area contributed by atoms with E-state index >= 15 is 0 Å². The zero-order valence-corrected chi connectivity index (χ0v) is 14.8. The molecule has 134 valence electrons. The average Bonchev–Trinajstić information content (AvgIpc) is 2.73. The van der Waals surface area contributed by atoms with Crippen molar-refractivity contribution in [2.24, 2.45) is 0 Å².